The fourth-order valence-electron chi connectivity index (χ4n) is 2.03. The van der Waals surface area contributed by atoms with Crippen LogP contribution in [0.5, 0.6) is 0 Å². The van der Waals surface area contributed by atoms with Gasteiger partial charge < -0.3 is 10.3 Å². The molecule has 0 bridgehead atoms. The highest BCUT2D eigenvalue weighted by molar-refractivity contribution is 5.93. The third-order valence-electron chi connectivity index (χ3n) is 2.86. The molecule has 0 saturated heterocycles. The number of carbonyl (C=O) groups excluding carboxylic acids is 1. The molecule has 17 heavy (non-hydrogen) atoms. The summed E-state index contributed by atoms with van der Waals surface area (Å²) in [5, 5.41) is 2.77. The first-order chi connectivity index (χ1) is 8.31. The van der Waals surface area contributed by atoms with Crippen molar-refractivity contribution < 1.29 is 4.79 Å². The van der Waals surface area contributed by atoms with Crippen molar-refractivity contribution in [3.05, 3.63) is 65.7 Å². The minimum atomic E-state index is -0.0487. The molecule has 2 aliphatic rings. The topological polar surface area (TPSA) is 44.9 Å². The van der Waals surface area contributed by atoms with Crippen LogP contribution in [0.15, 0.2) is 60.0 Å². The van der Waals surface area contributed by atoms with Gasteiger partial charge in [-0.3, -0.25) is 4.79 Å². The molecule has 3 nitrogen and oxygen atoms in total. The first kappa shape index (κ1) is 9.90. The first-order valence-electron chi connectivity index (χ1n) is 5.55. The van der Waals surface area contributed by atoms with E-state index in [-0.39, 0.29) is 5.91 Å². The van der Waals surface area contributed by atoms with E-state index in [4.69, 9.17) is 0 Å². The molecule has 0 fully saturated rings. The molecule has 1 aromatic rings. The minimum absolute atomic E-state index is 0.0487. The maximum absolute atomic E-state index is 11.0. The second kappa shape index (κ2) is 3.94. The fraction of sp³-hybridized carbons (Fsp3) is 0.0714. The predicted molar refractivity (Wildman–Crippen MR) is 66.8 cm³/mol. The largest absolute Gasteiger partial charge is 0.361 e. The summed E-state index contributed by atoms with van der Waals surface area (Å²) in [4.78, 5) is 14.2. The number of nitrogens with one attached hydrogen (secondary N) is 2. The van der Waals surface area contributed by atoms with Crippen LogP contribution in [0.2, 0.25) is 0 Å². The highest BCUT2D eigenvalue weighted by atomic mass is 16.1. The quantitative estimate of drug-likeness (QED) is 0.795. The molecule has 3 heteroatoms. The van der Waals surface area contributed by atoms with Gasteiger partial charge in [0, 0.05) is 23.7 Å². The van der Waals surface area contributed by atoms with E-state index in [0.717, 1.165) is 17.8 Å². The standard InChI is InChI=1S/C14H12N2O/c17-14-6-5-12(16-14)9-10-3-4-11(8-10)13-2-1-7-15-13/h1-7,9,15H,8H2,(H,16,17). The van der Waals surface area contributed by atoms with Crippen molar-refractivity contribution in [1.82, 2.24) is 10.3 Å². The van der Waals surface area contributed by atoms with Gasteiger partial charge in [-0.2, -0.15) is 0 Å². The zero-order valence-electron chi connectivity index (χ0n) is 9.23. The first-order valence-corrected chi connectivity index (χ1v) is 5.55. The van der Waals surface area contributed by atoms with E-state index in [1.54, 1.807) is 12.2 Å². The molecule has 1 aromatic heterocycles. The Morgan fingerprint density at radius 3 is 2.88 bits per heavy atom. The van der Waals surface area contributed by atoms with Crippen molar-refractivity contribution in [2.45, 2.75) is 6.42 Å². The van der Waals surface area contributed by atoms with Crippen molar-refractivity contribution in [3.8, 4) is 0 Å². The minimum Gasteiger partial charge on any atom is -0.361 e. The summed E-state index contributed by atoms with van der Waals surface area (Å²) in [5.41, 5.74) is 4.50. The number of allylic oxidation sites excluding steroid dienone is 6. The van der Waals surface area contributed by atoms with E-state index in [2.05, 4.69) is 28.5 Å². The van der Waals surface area contributed by atoms with Gasteiger partial charge in [0.05, 0.1) is 0 Å². The number of amides is 1. The Balaban J connectivity index is 1.71. The number of rotatable bonds is 2. The molecular weight excluding hydrogens is 212 g/mol. The van der Waals surface area contributed by atoms with Gasteiger partial charge in [-0.1, -0.05) is 12.2 Å². The maximum atomic E-state index is 11.0. The van der Waals surface area contributed by atoms with Crippen molar-refractivity contribution in [3.63, 3.8) is 0 Å². The Morgan fingerprint density at radius 1 is 1.24 bits per heavy atom. The monoisotopic (exact) mass is 224 g/mol. The van der Waals surface area contributed by atoms with Gasteiger partial charge >= 0.3 is 0 Å². The molecule has 0 radical (unpaired) electrons. The predicted octanol–water partition coefficient (Wildman–Crippen LogP) is 2.30. The van der Waals surface area contributed by atoms with Crippen molar-refractivity contribution in [1.29, 1.82) is 0 Å². The molecule has 3 rings (SSSR count). The zero-order chi connectivity index (χ0) is 11.7. The lowest BCUT2D eigenvalue weighted by atomic mass is 10.1. The lowest BCUT2D eigenvalue weighted by Gasteiger charge is -2.01. The summed E-state index contributed by atoms with van der Waals surface area (Å²) in [7, 11) is 0. The third kappa shape index (κ3) is 1.99. The van der Waals surface area contributed by atoms with Gasteiger partial charge in [0.25, 0.3) is 0 Å². The molecule has 1 aliphatic heterocycles. The van der Waals surface area contributed by atoms with E-state index >= 15 is 0 Å². The SMILES string of the molecule is O=C1C=CC(=CC2=CC=C(c3ccc[nH]3)C2)N1. The normalized spacial score (nSPS) is 20.7. The fourth-order valence-corrected chi connectivity index (χ4v) is 2.03. The van der Waals surface area contributed by atoms with Gasteiger partial charge in [-0.15, -0.1) is 0 Å². The Kier molecular flexibility index (Phi) is 2.29. The summed E-state index contributed by atoms with van der Waals surface area (Å²) in [6, 6.07) is 4.06. The Hall–Kier alpha value is -2.29. The highest BCUT2D eigenvalue weighted by Crippen LogP contribution is 2.28. The molecule has 84 valence electrons. The smallest absolute Gasteiger partial charge is 0.248 e. The van der Waals surface area contributed by atoms with Crippen molar-refractivity contribution >= 4 is 11.5 Å². The van der Waals surface area contributed by atoms with Gasteiger partial charge in [0.1, 0.15) is 0 Å². The van der Waals surface area contributed by atoms with Crippen LogP contribution in [0, 0.1) is 0 Å². The molecule has 1 amide bonds. The molecule has 0 atom stereocenters. The second-order valence-corrected chi connectivity index (χ2v) is 4.12. The average Bonchev–Trinajstić information content (AvgIpc) is 3.00. The van der Waals surface area contributed by atoms with Gasteiger partial charge in [-0.05, 0) is 41.9 Å². The van der Waals surface area contributed by atoms with Crippen LogP contribution in [0.3, 0.4) is 0 Å². The van der Waals surface area contributed by atoms with Crippen molar-refractivity contribution in [2.75, 3.05) is 0 Å². The highest BCUT2D eigenvalue weighted by Gasteiger charge is 2.12. The van der Waals surface area contributed by atoms with Gasteiger partial charge in [0.2, 0.25) is 5.91 Å². The number of aromatic nitrogens is 1. The van der Waals surface area contributed by atoms with E-state index in [1.165, 1.54) is 11.1 Å². The lowest BCUT2D eigenvalue weighted by Crippen LogP contribution is -2.12. The van der Waals surface area contributed by atoms with Crippen LogP contribution < -0.4 is 5.32 Å². The summed E-state index contributed by atoms with van der Waals surface area (Å²) < 4.78 is 0. The van der Waals surface area contributed by atoms with E-state index < -0.39 is 0 Å². The Morgan fingerprint density at radius 2 is 2.18 bits per heavy atom. The molecule has 0 unspecified atom stereocenters. The van der Waals surface area contributed by atoms with Crippen LogP contribution >= 0.6 is 0 Å². The molecule has 2 N–H and O–H groups in total. The van der Waals surface area contributed by atoms with Gasteiger partial charge in [-0.25, -0.2) is 0 Å². The van der Waals surface area contributed by atoms with Crippen molar-refractivity contribution in [2.24, 2.45) is 0 Å². The second-order valence-electron chi connectivity index (χ2n) is 4.12. The Labute approximate surface area is 99.2 Å². The lowest BCUT2D eigenvalue weighted by molar-refractivity contribution is -0.115. The summed E-state index contributed by atoms with van der Waals surface area (Å²) in [6.45, 7) is 0. The molecule has 1 aliphatic carbocycles. The maximum Gasteiger partial charge on any atom is 0.248 e. The van der Waals surface area contributed by atoms with Crippen LogP contribution in [0.1, 0.15) is 12.1 Å². The summed E-state index contributed by atoms with van der Waals surface area (Å²) in [5.74, 6) is -0.0487. The zero-order valence-corrected chi connectivity index (χ0v) is 9.23. The van der Waals surface area contributed by atoms with E-state index in [1.807, 2.05) is 18.3 Å². The van der Waals surface area contributed by atoms with Gasteiger partial charge in [0.15, 0.2) is 0 Å². The summed E-state index contributed by atoms with van der Waals surface area (Å²) in [6.07, 6.45) is 12.4. The third-order valence-corrected chi connectivity index (χ3v) is 2.86. The van der Waals surface area contributed by atoms with Crippen LogP contribution in [-0.2, 0) is 4.79 Å². The van der Waals surface area contributed by atoms with Crippen LogP contribution in [0.4, 0.5) is 0 Å². The molecule has 0 spiro atoms. The van der Waals surface area contributed by atoms with Crippen LogP contribution in [0.25, 0.3) is 5.57 Å². The summed E-state index contributed by atoms with van der Waals surface area (Å²) >= 11 is 0. The number of hydrogen-bond acceptors (Lipinski definition) is 1. The van der Waals surface area contributed by atoms with E-state index in [9.17, 15) is 4.79 Å². The van der Waals surface area contributed by atoms with E-state index in [0.29, 0.717) is 0 Å². The Bertz CT molecular complexity index is 571. The number of aromatic amines is 1. The molecular formula is C14H12N2O. The number of H-pyrrole nitrogens is 1. The number of carbonyl (C=O) groups is 1. The molecule has 2 heterocycles. The number of hydrogen-bond donors (Lipinski definition) is 2. The average molecular weight is 224 g/mol. The van der Waals surface area contributed by atoms with Crippen LogP contribution in [-0.4, -0.2) is 10.9 Å². The molecule has 0 aromatic carbocycles. The molecule has 0 saturated carbocycles.